The van der Waals surface area contributed by atoms with Gasteiger partial charge in [-0.05, 0) is 35.4 Å². The van der Waals surface area contributed by atoms with Crippen molar-refractivity contribution in [1.29, 1.82) is 0 Å². The van der Waals surface area contributed by atoms with Gasteiger partial charge in [0.15, 0.2) is 0 Å². The van der Waals surface area contributed by atoms with E-state index < -0.39 is 24.0 Å². The predicted molar refractivity (Wildman–Crippen MR) is 90.6 cm³/mol. The summed E-state index contributed by atoms with van der Waals surface area (Å²) in [7, 11) is 0. The number of aliphatic carboxylic acids is 1. The van der Waals surface area contributed by atoms with Crippen LogP contribution in [0.2, 0.25) is 0 Å². The SMILES string of the molecule is Nc1ccc(C(c2ccc(NC(=O)/C=C\C(=O)O)cc2)C(F)(F)F)cc1. The Kier molecular flexibility index (Phi) is 5.66. The molecule has 2 aromatic rings. The smallest absolute Gasteiger partial charge is 0.399 e. The van der Waals surface area contributed by atoms with Crippen LogP contribution in [0.1, 0.15) is 17.0 Å². The second-order valence-electron chi connectivity index (χ2n) is 5.42. The summed E-state index contributed by atoms with van der Waals surface area (Å²) in [5, 5.41) is 10.8. The van der Waals surface area contributed by atoms with Gasteiger partial charge in [-0.1, -0.05) is 24.3 Å². The standard InChI is InChI=1S/C18H15F3N2O3/c19-18(20,21)17(11-1-5-13(22)6-2-11)12-3-7-14(8-4-12)23-15(24)9-10-16(25)26/h1-10,17H,22H2,(H,23,24)(H,25,26)/b10-9-. The van der Waals surface area contributed by atoms with Crippen molar-refractivity contribution in [2.24, 2.45) is 0 Å². The summed E-state index contributed by atoms with van der Waals surface area (Å²) in [5.74, 6) is -3.82. The summed E-state index contributed by atoms with van der Waals surface area (Å²) in [6, 6.07) is 10.6. The maximum Gasteiger partial charge on any atom is 0.399 e. The van der Waals surface area contributed by atoms with Crippen molar-refractivity contribution < 1.29 is 27.9 Å². The van der Waals surface area contributed by atoms with Crippen LogP contribution in [0.5, 0.6) is 0 Å². The van der Waals surface area contributed by atoms with Crippen LogP contribution in [-0.2, 0) is 9.59 Å². The molecule has 0 aliphatic heterocycles. The van der Waals surface area contributed by atoms with Crippen molar-refractivity contribution >= 4 is 23.3 Å². The molecule has 0 saturated carbocycles. The molecule has 1 atom stereocenters. The molecule has 0 radical (unpaired) electrons. The molecule has 2 aromatic carbocycles. The molecule has 1 amide bonds. The molecule has 0 aliphatic rings. The fourth-order valence-electron chi connectivity index (χ4n) is 2.35. The van der Waals surface area contributed by atoms with Crippen LogP contribution >= 0.6 is 0 Å². The molecule has 4 N–H and O–H groups in total. The molecule has 0 heterocycles. The molecular weight excluding hydrogens is 349 g/mol. The van der Waals surface area contributed by atoms with Crippen LogP contribution in [0.3, 0.4) is 0 Å². The minimum atomic E-state index is -4.51. The van der Waals surface area contributed by atoms with Gasteiger partial charge in [-0.25, -0.2) is 4.79 Å². The first-order chi connectivity index (χ1) is 12.2. The molecule has 0 spiro atoms. The molecule has 0 bridgehead atoms. The van der Waals surface area contributed by atoms with E-state index in [2.05, 4.69) is 5.32 Å². The van der Waals surface area contributed by atoms with E-state index in [9.17, 15) is 22.8 Å². The highest BCUT2D eigenvalue weighted by atomic mass is 19.4. The Balaban J connectivity index is 2.24. The average molecular weight is 364 g/mol. The van der Waals surface area contributed by atoms with Crippen molar-refractivity contribution in [3.8, 4) is 0 Å². The van der Waals surface area contributed by atoms with Gasteiger partial charge in [-0.3, -0.25) is 4.79 Å². The van der Waals surface area contributed by atoms with Crippen LogP contribution in [-0.4, -0.2) is 23.2 Å². The molecule has 136 valence electrons. The van der Waals surface area contributed by atoms with E-state index in [0.29, 0.717) is 11.8 Å². The zero-order valence-corrected chi connectivity index (χ0v) is 13.3. The molecule has 0 fully saturated rings. The highest BCUT2D eigenvalue weighted by Crippen LogP contribution is 2.40. The monoisotopic (exact) mass is 364 g/mol. The first kappa shape index (κ1) is 19.0. The lowest BCUT2D eigenvalue weighted by atomic mass is 9.90. The lowest BCUT2D eigenvalue weighted by molar-refractivity contribution is -0.141. The van der Waals surface area contributed by atoms with Gasteiger partial charge in [0.2, 0.25) is 5.91 Å². The highest BCUT2D eigenvalue weighted by Gasteiger charge is 2.41. The van der Waals surface area contributed by atoms with E-state index in [1.54, 1.807) is 0 Å². The number of carboxylic acid groups (broad SMARTS) is 1. The van der Waals surface area contributed by atoms with Crippen LogP contribution in [0.4, 0.5) is 24.5 Å². The lowest BCUT2D eigenvalue weighted by Gasteiger charge is -2.21. The fourth-order valence-corrected chi connectivity index (χ4v) is 2.35. The van der Waals surface area contributed by atoms with E-state index in [4.69, 9.17) is 10.8 Å². The summed E-state index contributed by atoms with van der Waals surface area (Å²) >= 11 is 0. The number of alkyl halides is 3. The Labute approximate surface area is 146 Å². The van der Waals surface area contributed by atoms with Crippen LogP contribution in [0, 0.1) is 0 Å². The number of nitrogens with two attached hydrogens (primary N) is 1. The fraction of sp³-hybridized carbons (Fsp3) is 0.111. The molecule has 26 heavy (non-hydrogen) atoms. The van der Waals surface area contributed by atoms with E-state index in [0.717, 1.165) is 6.08 Å². The quantitative estimate of drug-likeness (QED) is 0.559. The van der Waals surface area contributed by atoms with Crippen molar-refractivity contribution in [2.75, 3.05) is 11.1 Å². The van der Waals surface area contributed by atoms with E-state index in [1.807, 2.05) is 0 Å². The summed E-state index contributed by atoms with van der Waals surface area (Å²) in [6.07, 6.45) is -3.04. The number of amides is 1. The van der Waals surface area contributed by atoms with Gasteiger partial charge in [-0.15, -0.1) is 0 Å². The summed E-state index contributed by atoms with van der Waals surface area (Å²) in [5.41, 5.74) is 6.18. The summed E-state index contributed by atoms with van der Waals surface area (Å²) in [4.78, 5) is 21.8. The molecule has 0 saturated heterocycles. The Morgan fingerprint density at radius 3 is 1.92 bits per heavy atom. The highest BCUT2D eigenvalue weighted by molar-refractivity contribution is 6.02. The summed E-state index contributed by atoms with van der Waals surface area (Å²) < 4.78 is 40.5. The third-order valence-corrected chi connectivity index (χ3v) is 3.49. The van der Waals surface area contributed by atoms with Crippen molar-refractivity contribution in [3.63, 3.8) is 0 Å². The van der Waals surface area contributed by atoms with E-state index in [-0.39, 0.29) is 16.8 Å². The molecule has 0 aromatic heterocycles. The Morgan fingerprint density at radius 1 is 0.962 bits per heavy atom. The number of hydrogen-bond acceptors (Lipinski definition) is 3. The second kappa shape index (κ2) is 7.73. The third kappa shape index (κ3) is 5.10. The van der Waals surface area contributed by atoms with Gasteiger partial charge in [0.1, 0.15) is 5.92 Å². The first-order valence-electron chi connectivity index (χ1n) is 7.41. The minimum absolute atomic E-state index is 0.00125. The first-order valence-corrected chi connectivity index (χ1v) is 7.41. The molecule has 8 heteroatoms. The van der Waals surface area contributed by atoms with Crippen molar-refractivity contribution in [3.05, 3.63) is 71.8 Å². The van der Waals surface area contributed by atoms with Gasteiger partial charge >= 0.3 is 12.1 Å². The third-order valence-electron chi connectivity index (χ3n) is 3.49. The number of halogens is 3. The van der Waals surface area contributed by atoms with Crippen LogP contribution in [0.25, 0.3) is 0 Å². The normalized spacial score (nSPS) is 12.7. The average Bonchev–Trinajstić information content (AvgIpc) is 2.55. The van der Waals surface area contributed by atoms with Crippen molar-refractivity contribution in [1.82, 2.24) is 0 Å². The topological polar surface area (TPSA) is 92.4 Å². The zero-order chi connectivity index (χ0) is 19.3. The molecule has 2 rings (SSSR count). The van der Waals surface area contributed by atoms with Crippen LogP contribution in [0.15, 0.2) is 60.7 Å². The van der Waals surface area contributed by atoms with Crippen molar-refractivity contribution in [2.45, 2.75) is 12.1 Å². The number of rotatable bonds is 5. The van der Waals surface area contributed by atoms with Gasteiger partial charge in [-0.2, -0.15) is 13.2 Å². The Bertz CT molecular complexity index is 813. The van der Waals surface area contributed by atoms with Gasteiger partial charge in [0, 0.05) is 23.5 Å². The minimum Gasteiger partial charge on any atom is -0.478 e. The Morgan fingerprint density at radius 2 is 1.46 bits per heavy atom. The molecular formula is C18H15F3N2O3. The Hall–Kier alpha value is -3.29. The lowest BCUT2D eigenvalue weighted by Crippen LogP contribution is -2.22. The van der Waals surface area contributed by atoms with Gasteiger partial charge < -0.3 is 16.2 Å². The summed E-state index contributed by atoms with van der Waals surface area (Å²) in [6.45, 7) is 0. The number of carboxylic acids is 1. The maximum atomic E-state index is 13.5. The number of anilines is 2. The van der Waals surface area contributed by atoms with E-state index >= 15 is 0 Å². The number of benzene rings is 2. The predicted octanol–water partition coefficient (Wildman–Crippen LogP) is 3.54. The number of nitrogens with one attached hydrogen (secondary N) is 1. The van der Waals surface area contributed by atoms with E-state index in [1.165, 1.54) is 48.5 Å². The molecule has 0 aliphatic carbocycles. The number of hydrogen-bond donors (Lipinski definition) is 3. The van der Waals surface area contributed by atoms with Crippen LogP contribution < -0.4 is 11.1 Å². The zero-order valence-electron chi connectivity index (χ0n) is 13.3. The maximum absolute atomic E-state index is 13.5. The second-order valence-corrected chi connectivity index (χ2v) is 5.42. The number of carbonyl (C=O) groups is 2. The van der Waals surface area contributed by atoms with Gasteiger partial charge in [0.25, 0.3) is 0 Å². The van der Waals surface area contributed by atoms with Gasteiger partial charge in [0.05, 0.1) is 0 Å². The largest absolute Gasteiger partial charge is 0.478 e. The molecule has 5 nitrogen and oxygen atoms in total. The number of nitrogen functional groups attached to an aromatic ring is 1. The molecule has 1 unspecified atom stereocenters. The number of carbonyl (C=O) groups excluding carboxylic acids is 1.